The molecule has 4 rings (SSSR count). The molecule has 0 amide bonds. The number of hydrogen-bond donors (Lipinski definition) is 0. The van der Waals surface area contributed by atoms with Gasteiger partial charge in [0.05, 0.1) is 20.3 Å². The molecule has 6 heteroatoms. The van der Waals surface area contributed by atoms with Gasteiger partial charge in [0.25, 0.3) is 0 Å². The molecule has 6 nitrogen and oxygen atoms in total. The smallest absolute Gasteiger partial charge is 0.231 e. The molecule has 0 spiro atoms. The lowest BCUT2D eigenvalue weighted by Crippen LogP contribution is -2.46. The normalized spacial score (nSPS) is 16.9. The molecule has 1 saturated heterocycles. The molecule has 0 N–H and O–H groups in total. The fraction of sp³-hybridized carbons (Fsp3) is 0.478. The van der Waals surface area contributed by atoms with Gasteiger partial charge in [-0.05, 0) is 41.8 Å². The van der Waals surface area contributed by atoms with E-state index in [1.54, 1.807) is 7.11 Å². The Bertz CT molecular complexity index is 790. The van der Waals surface area contributed by atoms with E-state index >= 15 is 0 Å². The second-order valence-electron chi connectivity index (χ2n) is 7.52. The predicted octanol–water partition coefficient (Wildman–Crippen LogP) is 2.80. The second-order valence-corrected chi connectivity index (χ2v) is 7.52. The van der Waals surface area contributed by atoms with Gasteiger partial charge < -0.3 is 18.9 Å². The summed E-state index contributed by atoms with van der Waals surface area (Å²) in [7, 11) is 1.72. The third-order valence-electron chi connectivity index (χ3n) is 5.53. The van der Waals surface area contributed by atoms with Crippen molar-refractivity contribution in [2.45, 2.75) is 13.0 Å². The number of ether oxygens (including phenoxy) is 4. The van der Waals surface area contributed by atoms with Crippen molar-refractivity contribution in [3.05, 3.63) is 53.6 Å². The van der Waals surface area contributed by atoms with E-state index in [9.17, 15) is 0 Å². The Labute approximate surface area is 172 Å². The number of hydrogen-bond acceptors (Lipinski definition) is 6. The predicted molar refractivity (Wildman–Crippen MR) is 112 cm³/mol. The first-order chi connectivity index (χ1) is 14.3. The summed E-state index contributed by atoms with van der Waals surface area (Å²) in [6.07, 6.45) is 0.894. The topological polar surface area (TPSA) is 43.4 Å². The summed E-state index contributed by atoms with van der Waals surface area (Å²) in [5.41, 5.74) is 2.53. The highest BCUT2D eigenvalue weighted by Gasteiger charge is 2.17. The highest BCUT2D eigenvalue weighted by atomic mass is 16.7. The Balaban J connectivity index is 1.10. The highest BCUT2D eigenvalue weighted by molar-refractivity contribution is 5.44. The SMILES string of the molecule is COc1cccc(CN2CCN(CCOCCc3ccc4c(c3)OCO4)CC2)c1. The Morgan fingerprint density at radius 1 is 0.862 bits per heavy atom. The van der Waals surface area contributed by atoms with Crippen LogP contribution < -0.4 is 14.2 Å². The lowest BCUT2D eigenvalue weighted by atomic mass is 10.1. The largest absolute Gasteiger partial charge is 0.497 e. The van der Waals surface area contributed by atoms with Crippen LogP contribution in [-0.2, 0) is 17.7 Å². The van der Waals surface area contributed by atoms with E-state index in [1.807, 2.05) is 18.2 Å². The maximum atomic E-state index is 5.87. The zero-order chi connectivity index (χ0) is 19.9. The molecular formula is C23H30N2O4. The molecule has 0 atom stereocenters. The van der Waals surface area contributed by atoms with Crippen LogP contribution in [-0.4, -0.2) is 69.6 Å². The molecule has 0 bridgehead atoms. The summed E-state index contributed by atoms with van der Waals surface area (Å²) in [6.45, 7) is 8.18. The van der Waals surface area contributed by atoms with Crippen molar-refractivity contribution in [1.82, 2.24) is 9.80 Å². The molecule has 0 saturated carbocycles. The second kappa shape index (κ2) is 9.96. The molecule has 2 aromatic rings. The van der Waals surface area contributed by atoms with Gasteiger partial charge in [0.2, 0.25) is 6.79 Å². The first kappa shape index (κ1) is 20.0. The lowest BCUT2D eigenvalue weighted by molar-refractivity contribution is 0.0747. The van der Waals surface area contributed by atoms with Gasteiger partial charge in [-0.1, -0.05) is 18.2 Å². The van der Waals surface area contributed by atoms with Crippen LogP contribution in [0.2, 0.25) is 0 Å². The molecule has 1 fully saturated rings. The number of rotatable bonds is 9. The first-order valence-electron chi connectivity index (χ1n) is 10.3. The minimum absolute atomic E-state index is 0.322. The summed E-state index contributed by atoms with van der Waals surface area (Å²) in [5.74, 6) is 2.61. The molecule has 2 aliphatic heterocycles. The Morgan fingerprint density at radius 2 is 1.69 bits per heavy atom. The minimum atomic E-state index is 0.322. The molecule has 2 aliphatic rings. The molecule has 2 aromatic carbocycles. The van der Waals surface area contributed by atoms with Crippen molar-refractivity contribution in [3.63, 3.8) is 0 Å². The van der Waals surface area contributed by atoms with Crippen molar-refractivity contribution in [3.8, 4) is 17.2 Å². The van der Waals surface area contributed by atoms with Crippen LogP contribution in [0.5, 0.6) is 17.2 Å². The molecule has 0 unspecified atom stereocenters. The number of nitrogens with zero attached hydrogens (tertiary/aromatic N) is 2. The lowest BCUT2D eigenvalue weighted by Gasteiger charge is -2.34. The van der Waals surface area contributed by atoms with Gasteiger partial charge in [-0.15, -0.1) is 0 Å². The van der Waals surface area contributed by atoms with Crippen LogP contribution in [0, 0.1) is 0 Å². The van der Waals surface area contributed by atoms with E-state index in [1.165, 1.54) is 11.1 Å². The van der Waals surface area contributed by atoms with Gasteiger partial charge in [-0.25, -0.2) is 0 Å². The molecule has 0 aromatic heterocycles. The van der Waals surface area contributed by atoms with Gasteiger partial charge in [0, 0.05) is 39.3 Å². The van der Waals surface area contributed by atoms with E-state index in [2.05, 4.69) is 34.1 Å². The Kier molecular flexibility index (Phi) is 6.87. The van der Waals surface area contributed by atoms with Crippen molar-refractivity contribution < 1.29 is 18.9 Å². The minimum Gasteiger partial charge on any atom is -0.497 e. The average Bonchev–Trinajstić information content (AvgIpc) is 3.23. The number of fused-ring (bicyclic) bond motifs is 1. The monoisotopic (exact) mass is 398 g/mol. The number of piperazine rings is 1. The quantitative estimate of drug-likeness (QED) is 0.605. The Hall–Kier alpha value is -2.28. The van der Waals surface area contributed by atoms with Gasteiger partial charge in [-0.3, -0.25) is 9.80 Å². The summed E-state index contributed by atoms with van der Waals surface area (Å²) in [6, 6.07) is 14.5. The van der Waals surface area contributed by atoms with E-state index < -0.39 is 0 Å². The van der Waals surface area contributed by atoms with E-state index in [0.29, 0.717) is 6.79 Å². The third kappa shape index (κ3) is 5.63. The molecule has 156 valence electrons. The van der Waals surface area contributed by atoms with Crippen LogP contribution in [0.3, 0.4) is 0 Å². The third-order valence-corrected chi connectivity index (χ3v) is 5.53. The van der Waals surface area contributed by atoms with Crippen molar-refractivity contribution in [2.75, 3.05) is 59.8 Å². The summed E-state index contributed by atoms with van der Waals surface area (Å²) in [4.78, 5) is 4.99. The molecule has 2 heterocycles. The number of methoxy groups -OCH3 is 1. The first-order valence-corrected chi connectivity index (χ1v) is 10.3. The molecular weight excluding hydrogens is 368 g/mol. The number of benzene rings is 2. The van der Waals surface area contributed by atoms with Crippen LogP contribution in [0.4, 0.5) is 0 Å². The van der Waals surface area contributed by atoms with Crippen LogP contribution in [0.15, 0.2) is 42.5 Å². The summed E-state index contributed by atoms with van der Waals surface area (Å²) >= 11 is 0. The van der Waals surface area contributed by atoms with Crippen LogP contribution >= 0.6 is 0 Å². The zero-order valence-electron chi connectivity index (χ0n) is 17.1. The van der Waals surface area contributed by atoms with Crippen molar-refractivity contribution >= 4 is 0 Å². The van der Waals surface area contributed by atoms with Gasteiger partial charge in [0.15, 0.2) is 11.5 Å². The molecule has 0 aliphatic carbocycles. The van der Waals surface area contributed by atoms with Crippen molar-refractivity contribution in [1.29, 1.82) is 0 Å². The van der Waals surface area contributed by atoms with Crippen LogP contribution in [0.1, 0.15) is 11.1 Å². The van der Waals surface area contributed by atoms with Crippen molar-refractivity contribution in [2.24, 2.45) is 0 Å². The van der Waals surface area contributed by atoms with E-state index in [4.69, 9.17) is 18.9 Å². The fourth-order valence-electron chi connectivity index (χ4n) is 3.78. The van der Waals surface area contributed by atoms with E-state index in [0.717, 1.165) is 76.2 Å². The fourth-order valence-corrected chi connectivity index (χ4v) is 3.78. The van der Waals surface area contributed by atoms with Gasteiger partial charge in [-0.2, -0.15) is 0 Å². The zero-order valence-corrected chi connectivity index (χ0v) is 17.1. The average molecular weight is 399 g/mol. The molecule has 0 radical (unpaired) electrons. The van der Waals surface area contributed by atoms with Gasteiger partial charge in [0.1, 0.15) is 5.75 Å². The maximum absolute atomic E-state index is 5.87. The van der Waals surface area contributed by atoms with Gasteiger partial charge >= 0.3 is 0 Å². The standard InChI is InChI=1S/C23H30N2O4/c1-26-21-4-2-3-20(15-21)17-25-10-8-24(9-11-25)12-14-27-13-7-19-5-6-22-23(16-19)29-18-28-22/h2-6,15-16H,7-14,17-18H2,1H3. The van der Waals surface area contributed by atoms with Crippen LogP contribution in [0.25, 0.3) is 0 Å². The molecule has 29 heavy (non-hydrogen) atoms. The Morgan fingerprint density at radius 3 is 2.55 bits per heavy atom. The summed E-state index contributed by atoms with van der Waals surface area (Å²) in [5, 5.41) is 0. The summed E-state index contributed by atoms with van der Waals surface area (Å²) < 4.78 is 22.0. The maximum Gasteiger partial charge on any atom is 0.231 e. The highest BCUT2D eigenvalue weighted by Crippen LogP contribution is 2.32. The van der Waals surface area contributed by atoms with E-state index in [-0.39, 0.29) is 0 Å².